The molecule has 0 saturated carbocycles. The maximum atomic E-state index is 14.2. The van der Waals surface area contributed by atoms with Crippen molar-refractivity contribution in [3.05, 3.63) is 64.6 Å². The molecule has 0 saturated heterocycles. The molecule has 0 fully saturated rings. The summed E-state index contributed by atoms with van der Waals surface area (Å²) >= 11 is 1.30. The summed E-state index contributed by atoms with van der Waals surface area (Å²) in [5, 5.41) is 9.72. The minimum absolute atomic E-state index is 0.0769. The molecule has 1 aliphatic heterocycles. The zero-order valence-electron chi connectivity index (χ0n) is 14.2. The lowest BCUT2D eigenvalue weighted by Crippen LogP contribution is -2.40. The molecule has 1 aromatic carbocycles. The van der Waals surface area contributed by atoms with Gasteiger partial charge in [0, 0.05) is 18.7 Å². The molecule has 0 bridgehead atoms. The van der Waals surface area contributed by atoms with Crippen LogP contribution in [0.1, 0.15) is 38.7 Å². The molecule has 8 nitrogen and oxygen atoms in total. The van der Waals surface area contributed by atoms with Gasteiger partial charge >= 0.3 is 0 Å². The summed E-state index contributed by atoms with van der Waals surface area (Å²) in [7, 11) is 0. The van der Waals surface area contributed by atoms with E-state index in [9.17, 15) is 14.4 Å². The third-order valence-corrected chi connectivity index (χ3v) is 5.75. The zero-order chi connectivity index (χ0) is 19.3. The van der Waals surface area contributed by atoms with E-state index < -0.39 is 17.8 Å². The largest absolute Gasteiger partial charge is 0.437 e. The van der Waals surface area contributed by atoms with Gasteiger partial charge in [0.05, 0.1) is 16.7 Å². The number of hydrogen-bond donors (Lipinski definition) is 1. The number of hydrogen-bond acceptors (Lipinski definition) is 7. The van der Waals surface area contributed by atoms with Crippen LogP contribution in [0.5, 0.6) is 0 Å². The second-order valence-electron chi connectivity index (χ2n) is 6.20. The molecule has 5 rings (SSSR count). The Morgan fingerprint density at radius 2 is 2.32 bits per heavy atom. The number of aromatic nitrogens is 4. The molecule has 0 unspecified atom stereocenters. The zero-order valence-corrected chi connectivity index (χ0v) is 15.0. The monoisotopic (exact) mass is 394 g/mol. The Labute approximate surface area is 161 Å². The number of thiazole rings is 1. The highest BCUT2D eigenvalue weighted by atomic mass is 32.1. The smallest absolute Gasteiger partial charge is 0.293 e. The highest BCUT2D eigenvalue weighted by Crippen LogP contribution is 2.38. The van der Waals surface area contributed by atoms with Crippen molar-refractivity contribution in [2.45, 2.75) is 12.5 Å². The number of carbonyl (C=O) groups excluding carboxylic acids is 1. The lowest BCUT2D eigenvalue weighted by Gasteiger charge is -2.33. The fraction of sp³-hybridized carbons (Fsp3) is 0.167. The number of nitriles is 1. The molecule has 0 spiro atoms. The second-order valence-corrected chi connectivity index (χ2v) is 7.26. The Hall–Kier alpha value is -3.58. The Balaban J connectivity index is 1.65. The van der Waals surface area contributed by atoms with E-state index in [1.54, 1.807) is 23.4 Å². The van der Waals surface area contributed by atoms with Gasteiger partial charge in [-0.05, 0) is 12.1 Å². The van der Waals surface area contributed by atoms with Crippen LogP contribution in [0.3, 0.4) is 0 Å². The molecule has 1 N–H and O–H groups in total. The predicted molar refractivity (Wildman–Crippen MR) is 96.0 cm³/mol. The molecule has 28 heavy (non-hydrogen) atoms. The molecule has 1 amide bonds. The Morgan fingerprint density at radius 1 is 1.43 bits per heavy atom. The fourth-order valence-corrected chi connectivity index (χ4v) is 4.50. The van der Waals surface area contributed by atoms with E-state index in [0.717, 1.165) is 12.1 Å². The van der Waals surface area contributed by atoms with Gasteiger partial charge < -0.3 is 14.3 Å². The number of imidazole rings is 1. The average molecular weight is 394 g/mol. The van der Waals surface area contributed by atoms with Crippen LogP contribution in [0.25, 0.3) is 10.2 Å². The molecule has 4 aromatic rings. The van der Waals surface area contributed by atoms with Gasteiger partial charge in [-0.2, -0.15) is 5.26 Å². The summed E-state index contributed by atoms with van der Waals surface area (Å²) in [6, 6.07) is 6.00. The van der Waals surface area contributed by atoms with Gasteiger partial charge in [0.15, 0.2) is 12.1 Å². The van der Waals surface area contributed by atoms with E-state index >= 15 is 0 Å². The lowest BCUT2D eigenvalue weighted by molar-refractivity contribution is 0.0657. The first kappa shape index (κ1) is 16.6. The number of carbonyl (C=O) groups is 1. The van der Waals surface area contributed by atoms with Crippen LogP contribution in [-0.4, -0.2) is 37.3 Å². The fourth-order valence-electron chi connectivity index (χ4n) is 3.40. The summed E-state index contributed by atoms with van der Waals surface area (Å²) in [4.78, 5) is 30.4. The summed E-state index contributed by atoms with van der Waals surface area (Å²) in [5.74, 6) is -1.02. The first-order valence-corrected chi connectivity index (χ1v) is 9.20. The minimum Gasteiger partial charge on any atom is -0.437 e. The topological polar surface area (TPSA) is 112 Å². The summed E-state index contributed by atoms with van der Waals surface area (Å²) in [6.45, 7) is 0.364. The quantitative estimate of drug-likeness (QED) is 0.560. The standard InChI is InChI=1S/C18H11FN6O2S/c19-9-2-1-3-12-13(9)24-17(28-12)15-14-10(21-7-22-14)4-5-25(15)18(26)16-11(6-20)23-8-27-16/h1-3,7-8,15H,4-5H2,(H,21,22)/t15-/m0/s1. The van der Waals surface area contributed by atoms with Crippen molar-refractivity contribution in [1.82, 2.24) is 24.8 Å². The van der Waals surface area contributed by atoms with Gasteiger partial charge in [-0.1, -0.05) is 6.07 Å². The number of rotatable bonds is 2. The first-order valence-electron chi connectivity index (χ1n) is 8.39. The number of fused-ring (bicyclic) bond motifs is 2. The minimum atomic E-state index is -0.615. The van der Waals surface area contributed by atoms with E-state index in [1.165, 1.54) is 17.4 Å². The molecule has 1 atom stereocenters. The summed E-state index contributed by atoms with van der Waals surface area (Å²) < 4.78 is 20.0. The molecule has 4 heterocycles. The third kappa shape index (κ3) is 2.40. The summed E-state index contributed by atoms with van der Waals surface area (Å²) in [6.07, 6.45) is 3.19. The molecule has 0 radical (unpaired) electrons. The highest BCUT2D eigenvalue weighted by Gasteiger charge is 2.38. The number of para-hydroxylation sites is 1. The van der Waals surface area contributed by atoms with Crippen molar-refractivity contribution < 1.29 is 13.6 Å². The molecular weight excluding hydrogens is 383 g/mol. The number of nitrogens with one attached hydrogen (secondary N) is 1. The normalized spacial score (nSPS) is 16.1. The number of halogens is 1. The van der Waals surface area contributed by atoms with E-state index in [4.69, 9.17) is 4.42 Å². The number of benzene rings is 1. The van der Waals surface area contributed by atoms with Crippen molar-refractivity contribution in [3.63, 3.8) is 0 Å². The Morgan fingerprint density at radius 3 is 3.14 bits per heavy atom. The first-order chi connectivity index (χ1) is 13.7. The Bertz CT molecular complexity index is 1250. The van der Waals surface area contributed by atoms with Crippen molar-refractivity contribution in [1.29, 1.82) is 5.26 Å². The predicted octanol–water partition coefficient (Wildman–Crippen LogP) is 2.81. The van der Waals surface area contributed by atoms with Crippen LogP contribution in [0.2, 0.25) is 0 Å². The van der Waals surface area contributed by atoms with Crippen molar-refractivity contribution >= 4 is 27.5 Å². The number of oxazole rings is 1. The van der Waals surface area contributed by atoms with Gasteiger partial charge in [0.2, 0.25) is 5.76 Å². The third-order valence-electron chi connectivity index (χ3n) is 4.67. The average Bonchev–Trinajstić information content (AvgIpc) is 3.44. The number of aromatic amines is 1. The molecule has 3 aromatic heterocycles. The van der Waals surface area contributed by atoms with Crippen molar-refractivity contribution in [3.8, 4) is 6.07 Å². The van der Waals surface area contributed by atoms with Crippen LogP contribution in [0, 0.1) is 17.1 Å². The number of amides is 1. The number of H-pyrrole nitrogens is 1. The highest BCUT2D eigenvalue weighted by molar-refractivity contribution is 7.18. The van der Waals surface area contributed by atoms with Crippen LogP contribution in [0.4, 0.5) is 4.39 Å². The van der Waals surface area contributed by atoms with Gasteiger partial charge in [-0.3, -0.25) is 4.79 Å². The number of nitrogens with zero attached hydrogens (tertiary/aromatic N) is 5. The molecule has 1 aliphatic rings. The molecule has 10 heteroatoms. The second kappa shape index (κ2) is 6.24. The molecular formula is C18H11FN6O2S. The van der Waals surface area contributed by atoms with Gasteiger partial charge in [-0.15, -0.1) is 11.3 Å². The SMILES string of the molecule is N#Cc1ncoc1C(=O)N1CCc2[nH]cnc2[C@H]1c1nc2c(F)cccc2s1. The van der Waals surface area contributed by atoms with Crippen molar-refractivity contribution in [2.24, 2.45) is 0 Å². The lowest BCUT2D eigenvalue weighted by atomic mass is 10.0. The maximum absolute atomic E-state index is 14.2. The van der Waals surface area contributed by atoms with Gasteiger partial charge in [0.25, 0.3) is 5.91 Å². The van der Waals surface area contributed by atoms with Gasteiger partial charge in [-0.25, -0.2) is 19.3 Å². The van der Waals surface area contributed by atoms with E-state index in [1.807, 2.05) is 6.07 Å². The molecule has 138 valence electrons. The molecule has 0 aliphatic carbocycles. The Kier molecular flexibility index (Phi) is 3.70. The van der Waals surface area contributed by atoms with Crippen LogP contribution in [0.15, 0.2) is 35.3 Å². The summed E-state index contributed by atoms with van der Waals surface area (Å²) in [5.41, 5.74) is 1.73. The van der Waals surface area contributed by atoms with Crippen LogP contribution < -0.4 is 0 Å². The van der Waals surface area contributed by atoms with Crippen LogP contribution in [-0.2, 0) is 6.42 Å². The van der Waals surface area contributed by atoms with Crippen LogP contribution >= 0.6 is 11.3 Å². The van der Waals surface area contributed by atoms with E-state index in [-0.39, 0.29) is 17.0 Å². The van der Waals surface area contributed by atoms with E-state index in [2.05, 4.69) is 19.9 Å². The van der Waals surface area contributed by atoms with E-state index in [0.29, 0.717) is 28.4 Å². The van der Waals surface area contributed by atoms with Gasteiger partial charge in [0.1, 0.15) is 28.5 Å². The maximum Gasteiger partial charge on any atom is 0.293 e. The van der Waals surface area contributed by atoms with Crippen molar-refractivity contribution in [2.75, 3.05) is 6.54 Å².